The molecule has 3 heteroatoms. The Balaban J connectivity index is 0.000000500. The molecule has 2 nitrogen and oxygen atoms in total. The van der Waals surface area contributed by atoms with E-state index in [0.717, 1.165) is 5.56 Å². The second kappa shape index (κ2) is 5.60. The van der Waals surface area contributed by atoms with E-state index in [1.165, 1.54) is 6.26 Å². The minimum absolute atomic E-state index is 0.417. The highest BCUT2D eigenvalue weighted by Crippen LogP contribution is 2.12. The predicted molar refractivity (Wildman–Crippen MR) is 60.2 cm³/mol. The number of hydrogen-bond acceptors (Lipinski definition) is 2. The summed E-state index contributed by atoms with van der Waals surface area (Å²) in [7, 11) is -3.03. The lowest BCUT2D eigenvalue weighted by Crippen LogP contribution is -1.98. The second-order valence-electron chi connectivity index (χ2n) is 2.95. The van der Waals surface area contributed by atoms with Crippen LogP contribution < -0.4 is 0 Å². The van der Waals surface area contributed by atoms with Gasteiger partial charge in [-0.15, -0.1) is 6.58 Å². The molecule has 0 radical (unpaired) electrons. The van der Waals surface area contributed by atoms with Crippen molar-refractivity contribution in [2.75, 3.05) is 6.26 Å². The summed E-state index contributed by atoms with van der Waals surface area (Å²) in [4.78, 5) is 0.417. The van der Waals surface area contributed by atoms with Gasteiger partial charge in [-0.05, 0) is 25.5 Å². The molecule has 1 aromatic carbocycles. The second-order valence-corrected chi connectivity index (χ2v) is 4.93. The van der Waals surface area contributed by atoms with E-state index in [2.05, 4.69) is 6.58 Å². The molecule has 14 heavy (non-hydrogen) atoms. The van der Waals surface area contributed by atoms with Crippen molar-refractivity contribution in [3.8, 4) is 0 Å². The van der Waals surface area contributed by atoms with E-state index in [1.807, 2.05) is 13.0 Å². The molecule has 0 aliphatic carbocycles. The molecule has 0 N–H and O–H groups in total. The number of allylic oxidation sites excluding steroid dienone is 1. The SMILES string of the molecule is C=CC.Cc1ccccc1S(C)(=O)=O. The van der Waals surface area contributed by atoms with Gasteiger partial charge in [-0.3, -0.25) is 0 Å². The summed E-state index contributed by atoms with van der Waals surface area (Å²) in [6.45, 7) is 7.04. The number of benzene rings is 1. The molecule has 0 saturated carbocycles. The number of sulfone groups is 1. The van der Waals surface area contributed by atoms with E-state index >= 15 is 0 Å². The summed E-state index contributed by atoms with van der Waals surface area (Å²) in [5, 5.41) is 0. The number of aryl methyl sites for hydroxylation is 1. The molecule has 0 heterocycles. The Labute approximate surface area is 86.2 Å². The van der Waals surface area contributed by atoms with Gasteiger partial charge in [0.05, 0.1) is 4.90 Å². The van der Waals surface area contributed by atoms with Crippen molar-refractivity contribution in [3.05, 3.63) is 42.5 Å². The van der Waals surface area contributed by atoms with Crippen molar-refractivity contribution in [1.82, 2.24) is 0 Å². The average Bonchev–Trinajstić information content (AvgIpc) is 2.04. The van der Waals surface area contributed by atoms with Crippen LogP contribution in [0, 0.1) is 6.92 Å². The highest BCUT2D eigenvalue weighted by Gasteiger charge is 2.07. The summed E-state index contributed by atoms with van der Waals surface area (Å²) in [6.07, 6.45) is 2.97. The third-order valence-corrected chi connectivity index (χ3v) is 2.75. The Morgan fingerprint density at radius 3 is 2.00 bits per heavy atom. The Bertz CT molecular complexity index is 392. The Morgan fingerprint density at radius 2 is 1.71 bits per heavy atom. The van der Waals surface area contributed by atoms with Gasteiger partial charge in [0.25, 0.3) is 0 Å². The van der Waals surface area contributed by atoms with Gasteiger partial charge in [-0.2, -0.15) is 0 Å². The first-order valence-corrected chi connectivity index (χ1v) is 6.15. The Hall–Kier alpha value is -1.09. The predicted octanol–water partition coefficient (Wildman–Crippen LogP) is 2.59. The van der Waals surface area contributed by atoms with Crippen LogP contribution in [0.3, 0.4) is 0 Å². The smallest absolute Gasteiger partial charge is 0.175 e. The minimum Gasteiger partial charge on any atom is -0.224 e. The third kappa shape index (κ3) is 4.23. The van der Waals surface area contributed by atoms with Crippen LogP contribution in [0.5, 0.6) is 0 Å². The fraction of sp³-hybridized carbons (Fsp3) is 0.273. The van der Waals surface area contributed by atoms with Gasteiger partial charge in [0.2, 0.25) is 0 Å². The maximum Gasteiger partial charge on any atom is 0.175 e. The van der Waals surface area contributed by atoms with E-state index in [4.69, 9.17) is 0 Å². The van der Waals surface area contributed by atoms with Gasteiger partial charge in [-0.25, -0.2) is 8.42 Å². The number of rotatable bonds is 1. The van der Waals surface area contributed by atoms with E-state index in [0.29, 0.717) is 4.90 Å². The van der Waals surface area contributed by atoms with E-state index < -0.39 is 9.84 Å². The van der Waals surface area contributed by atoms with Crippen LogP contribution in [0.2, 0.25) is 0 Å². The molecule has 0 amide bonds. The third-order valence-electron chi connectivity index (χ3n) is 1.49. The molecule has 0 saturated heterocycles. The lowest BCUT2D eigenvalue weighted by molar-refractivity contribution is 0.601. The van der Waals surface area contributed by atoms with Gasteiger partial charge in [0, 0.05) is 6.26 Å². The molecule has 0 atom stereocenters. The maximum atomic E-state index is 11.1. The summed E-state index contributed by atoms with van der Waals surface area (Å²) in [5.74, 6) is 0. The van der Waals surface area contributed by atoms with Crippen LogP contribution >= 0.6 is 0 Å². The van der Waals surface area contributed by atoms with Crippen molar-refractivity contribution in [2.24, 2.45) is 0 Å². The quantitative estimate of drug-likeness (QED) is 0.670. The molecule has 0 fully saturated rings. The molecule has 1 rings (SSSR count). The van der Waals surface area contributed by atoms with Gasteiger partial charge >= 0.3 is 0 Å². The van der Waals surface area contributed by atoms with E-state index in [9.17, 15) is 8.42 Å². The fourth-order valence-electron chi connectivity index (χ4n) is 0.972. The highest BCUT2D eigenvalue weighted by atomic mass is 32.2. The Kier molecular flexibility index (Phi) is 5.16. The van der Waals surface area contributed by atoms with Crippen LogP contribution in [0.15, 0.2) is 41.8 Å². The lowest BCUT2D eigenvalue weighted by Gasteiger charge is -2.00. The van der Waals surface area contributed by atoms with Crippen molar-refractivity contribution in [2.45, 2.75) is 18.7 Å². The van der Waals surface area contributed by atoms with E-state index in [-0.39, 0.29) is 0 Å². The van der Waals surface area contributed by atoms with Gasteiger partial charge < -0.3 is 0 Å². The summed E-state index contributed by atoms with van der Waals surface area (Å²) < 4.78 is 22.1. The normalized spacial score (nSPS) is 9.93. The van der Waals surface area contributed by atoms with E-state index in [1.54, 1.807) is 31.2 Å². The fourth-order valence-corrected chi connectivity index (χ4v) is 1.95. The van der Waals surface area contributed by atoms with Crippen molar-refractivity contribution in [3.63, 3.8) is 0 Å². The van der Waals surface area contributed by atoms with Crippen molar-refractivity contribution >= 4 is 9.84 Å². The van der Waals surface area contributed by atoms with Crippen molar-refractivity contribution in [1.29, 1.82) is 0 Å². The molecule has 0 aliphatic heterocycles. The van der Waals surface area contributed by atoms with Gasteiger partial charge in [0.1, 0.15) is 0 Å². The Morgan fingerprint density at radius 1 is 1.29 bits per heavy atom. The summed E-state index contributed by atoms with van der Waals surface area (Å²) in [5.41, 5.74) is 0.801. The zero-order valence-corrected chi connectivity index (χ0v) is 9.64. The van der Waals surface area contributed by atoms with Crippen LogP contribution in [0.1, 0.15) is 12.5 Å². The van der Waals surface area contributed by atoms with Crippen molar-refractivity contribution < 1.29 is 8.42 Å². The van der Waals surface area contributed by atoms with Gasteiger partial charge in [0.15, 0.2) is 9.84 Å². The molecule has 0 unspecified atom stereocenters. The standard InChI is InChI=1S/C8H10O2S.C3H6/c1-7-5-3-4-6-8(7)11(2,9)10;1-3-2/h3-6H,1-2H3;3H,1H2,2H3. The minimum atomic E-state index is -3.03. The average molecular weight is 212 g/mol. The van der Waals surface area contributed by atoms with Crippen LogP contribution in [-0.4, -0.2) is 14.7 Å². The molecular formula is C11H16O2S. The van der Waals surface area contributed by atoms with Crippen LogP contribution in [-0.2, 0) is 9.84 Å². The highest BCUT2D eigenvalue weighted by molar-refractivity contribution is 7.90. The molecule has 0 spiro atoms. The maximum absolute atomic E-state index is 11.1. The molecule has 78 valence electrons. The first-order chi connectivity index (χ1) is 6.43. The summed E-state index contributed by atoms with van der Waals surface area (Å²) >= 11 is 0. The van der Waals surface area contributed by atoms with Crippen LogP contribution in [0.4, 0.5) is 0 Å². The number of hydrogen-bond donors (Lipinski definition) is 0. The molecule has 0 bridgehead atoms. The zero-order valence-electron chi connectivity index (χ0n) is 8.82. The van der Waals surface area contributed by atoms with Gasteiger partial charge in [-0.1, -0.05) is 24.3 Å². The topological polar surface area (TPSA) is 34.1 Å². The largest absolute Gasteiger partial charge is 0.224 e. The lowest BCUT2D eigenvalue weighted by atomic mass is 10.2. The monoisotopic (exact) mass is 212 g/mol. The molecule has 1 aromatic rings. The summed E-state index contributed by atoms with van der Waals surface area (Å²) in [6, 6.07) is 6.95. The molecule has 0 aromatic heterocycles. The molecule has 0 aliphatic rings. The molecular weight excluding hydrogens is 196 g/mol. The first kappa shape index (κ1) is 12.9. The zero-order chi connectivity index (χ0) is 11.2. The first-order valence-electron chi connectivity index (χ1n) is 4.26. The van der Waals surface area contributed by atoms with Crippen LogP contribution in [0.25, 0.3) is 0 Å².